The molecule has 0 amide bonds. The van der Waals surface area contributed by atoms with Gasteiger partial charge in [-0.25, -0.2) is 0 Å². The van der Waals surface area contributed by atoms with Crippen LogP contribution in [0.15, 0.2) is 12.7 Å². The van der Waals surface area contributed by atoms with Crippen molar-refractivity contribution in [2.45, 2.75) is 66.1 Å². The monoisotopic (exact) mass is 252 g/mol. The molecule has 0 aliphatic carbocycles. The van der Waals surface area contributed by atoms with Gasteiger partial charge in [-0.3, -0.25) is 4.90 Å². The van der Waals surface area contributed by atoms with E-state index in [-0.39, 0.29) is 0 Å². The molecule has 0 aromatic carbocycles. The first-order chi connectivity index (χ1) is 8.27. The lowest BCUT2D eigenvalue weighted by Gasteiger charge is -2.48. The summed E-state index contributed by atoms with van der Waals surface area (Å²) in [6.45, 7) is 20.1. The Morgan fingerprint density at radius 3 is 2.39 bits per heavy atom. The maximum atomic E-state index is 3.89. The highest BCUT2D eigenvalue weighted by Gasteiger charge is 2.36. The highest BCUT2D eigenvalue weighted by atomic mass is 15.3. The molecule has 1 N–H and O–H groups in total. The molecule has 0 saturated carbocycles. The van der Waals surface area contributed by atoms with Crippen molar-refractivity contribution < 1.29 is 0 Å². The van der Waals surface area contributed by atoms with Gasteiger partial charge in [0.1, 0.15) is 0 Å². The number of hydrogen-bond acceptors (Lipinski definition) is 2. The Hall–Kier alpha value is -0.340. The Morgan fingerprint density at radius 1 is 1.33 bits per heavy atom. The lowest BCUT2D eigenvalue weighted by Crippen LogP contribution is -2.63. The molecule has 3 unspecified atom stereocenters. The van der Waals surface area contributed by atoms with E-state index in [1.165, 1.54) is 0 Å². The molecular formula is C16H32N2. The molecule has 1 heterocycles. The van der Waals surface area contributed by atoms with Gasteiger partial charge in [-0.1, -0.05) is 40.7 Å². The van der Waals surface area contributed by atoms with Crippen LogP contribution in [0.5, 0.6) is 0 Å². The molecule has 1 rings (SSSR count). The average molecular weight is 252 g/mol. The minimum atomic E-state index is 0.327. The fraction of sp³-hybridized carbons (Fsp3) is 0.875. The van der Waals surface area contributed by atoms with Crippen LogP contribution >= 0.6 is 0 Å². The first kappa shape index (κ1) is 15.7. The van der Waals surface area contributed by atoms with E-state index in [1.54, 1.807) is 0 Å². The SMILES string of the molecule is C=CCC(C)N1CC(C(C)(C)C)NCC1C(C)C. The Kier molecular flexibility index (Phi) is 5.42. The summed E-state index contributed by atoms with van der Waals surface area (Å²) in [5.41, 5.74) is 0.327. The maximum Gasteiger partial charge on any atom is 0.0247 e. The Morgan fingerprint density at radius 2 is 1.94 bits per heavy atom. The van der Waals surface area contributed by atoms with E-state index in [0.717, 1.165) is 19.5 Å². The molecule has 1 aliphatic heterocycles. The zero-order chi connectivity index (χ0) is 13.9. The van der Waals surface area contributed by atoms with Gasteiger partial charge in [-0.2, -0.15) is 0 Å². The summed E-state index contributed by atoms with van der Waals surface area (Å²) in [6.07, 6.45) is 3.14. The predicted molar refractivity (Wildman–Crippen MR) is 80.9 cm³/mol. The van der Waals surface area contributed by atoms with Crippen LogP contribution in [-0.2, 0) is 0 Å². The van der Waals surface area contributed by atoms with E-state index in [9.17, 15) is 0 Å². The molecule has 1 saturated heterocycles. The van der Waals surface area contributed by atoms with Crippen LogP contribution < -0.4 is 5.32 Å². The first-order valence-electron chi connectivity index (χ1n) is 7.37. The van der Waals surface area contributed by atoms with Crippen molar-refractivity contribution in [3.8, 4) is 0 Å². The van der Waals surface area contributed by atoms with Crippen molar-refractivity contribution in [2.75, 3.05) is 13.1 Å². The molecule has 106 valence electrons. The van der Waals surface area contributed by atoms with Crippen molar-refractivity contribution in [2.24, 2.45) is 11.3 Å². The third-order valence-electron chi connectivity index (χ3n) is 4.28. The summed E-state index contributed by atoms with van der Waals surface area (Å²) in [5, 5.41) is 3.75. The Bertz CT molecular complexity index is 265. The van der Waals surface area contributed by atoms with Gasteiger partial charge in [-0.15, -0.1) is 6.58 Å². The minimum absolute atomic E-state index is 0.327. The summed E-state index contributed by atoms with van der Waals surface area (Å²) >= 11 is 0. The smallest absolute Gasteiger partial charge is 0.0247 e. The van der Waals surface area contributed by atoms with Crippen LogP contribution in [0.1, 0.15) is 48.0 Å². The summed E-state index contributed by atoms with van der Waals surface area (Å²) in [5.74, 6) is 0.700. The number of nitrogens with zero attached hydrogens (tertiary/aromatic N) is 1. The summed E-state index contributed by atoms with van der Waals surface area (Å²) < 4.78 is 0. The second kappa shape index (κ2) is 6.21. The minimum Gasteiger partial charge on any atom is -0.311 e. The van der Waals surface area contributed by atoms with Crippen molar-refractivity contribution in [3.05, 3.63) is 12.7 Å². The summed E-state index contributed by atoms with van der Waals surface area (Å²) in [6, 6.07) is 1.83. The zero-order valence-electron chi connectivity index (χ0n) is 13.2. The quantitative estimate of drug-likeness (QED) is 0.772. The van der Waals surface area contributed by atoms with E-state index in [4.69, 9.17) is 0 Å². The molecule has 0 aromatic rings. The van der Waals surface area contributed by atoms with Gasteiger partial charge >= 0.3 is 0 Å². The van der Waals surface area contributed by atoms with Gasteiger partial charge < -0.3 is 5.32 Å². The normalized spacial score (nSPS) is 28.4. The van der Waals surface area contributed by atoms with Crippen molar-refractivity contribution >= 4 is 0 Å². The van der Waals surface area contributed by atoms with Crippen LogP contribution in [-0.4, -0.2) is 36.1 Å². The van der Waals surface area contributed by atoms with E-state index >= 15 is 0 Å². The van der Waals surface area contributed by atoms with Crippen molar-refractivity contribution in [1.82, 2.24) is 10.2 Å². The number of rotatable bonds is 4. The van der Waals surface area contributed by atoms with E-state index in [2.05, 4.69) is 64.4 Å². The molecule has 18 heavy (non-hydrogen) atoms. The van der Waals surface area contributed by atoms with E-state index < -0.39 is 0 Å². The molecular weight excluding hydrogens is 220 g/mol. The topological polar surface area (TPSA) is 15.3 Å². The molecule has 1 fully saturated rings. The van der Waals surface area contributed by atoms with Crippen LogP contribution in [0.2, 0.25) is 0 Å². The van der Waals surface area contributed by atoms with Crippen LogP contribution in [0.25, 0.3) is 0 Å². The second-order valence-electron chi connectivity index (χ2n) is 7.21. The summed E-state index contributed by atoms with van der Waals surface area (Å²) in [4.78, 5) is 2.69. The summed E-state index contributed by atoms with van der Waals surface area (Å²) in [7, 11) is 0. The molecule has 3 atom stereocenters. The van der Waals surface area contributed by atoms with Crippen LogP contribution in [0.3, 0.4) is 0 Å². The first-order valence-corrected chi connectivity index (χ1v) is 7.37. The standard InChI is InChI=1S/C16H32N2/c1-8-9-13(4)18-11-15(16(5,6)7)17-10-14(18)12(2)3/h8,12-15,17H,1,9-11H2,2-7H3. The molecule has 2 nitrogen and oxygen atoms in total. The fourth-order valence-corrected chi connectivity index (χ4v) is 2.87. The molecule has 2 heteroatoms. The Labute approximate surface area is 114 Å². The molecule has 0 radical (unpaired) electrons. The maximum absolute atomic E-state index is 3.89. The van der Waals surface area contributed by atoms with Gasteiger partial charge in [-0.05, 0) is 24.7 Å². The van der Waals surface area contributed by atoms with Crippen LogP contribution in [0, 0.1) is 11.3 Å². The average Bonchev–Trinajstić information content (AvgIpc) is 2.27. The highest BCUT2D eigenvalue weighted by molar-refractivity contribution is 4.95. The van der Waals surface area contributed by atoms with Crippen molar-refractivity contribution in [1.29, 1.82) is 0 Å². The number of hydrogen-bond donors (Lipinski definition) is 1. The van der Waals surface area contributed by atoms with E-state index in [1.807, 2.05) is 0 Å². The van der Waals surface area contributed by atoms with Gasteiger partial charge in [0.2, 0.25) is 0 Å². The predicted octanol–water partition coefficient (Wildman–Crippen LogP) is 3.30. The lowest BCUT2D eigenvalue weighted by molar-refractivity contribution is 0.0354. The number of piperazine rings is 1. The Balaban J connectivity index is 2.79. The highest BCUT2D eigenvalue weighted by Crippen LogP contribution is 2.27. The van der Waals surface area contributed by atoms with Gasteiger partial charge in [0.25, 0.3) is 0 Å². The number of nitrogens with one attached hydrogen (secondary N) is 1. The molecule has 0 aromatic heterocycles. The largest absolute Gasteiger partial charge is 0.311 e. The third kappa shape index (κ3) is 3.83. The van der Waals surface area contributed by atoms with Gasteiger partial charge in [0, 0.05) is 31.2 Å². The molecule has 0 bridgehead atoms. The van der Waals surface area contributed by atoms with Crippen molar-refractivity contribution in [3.63, 3.8) is 0 Å². The molecule has 1 aliphatic rings. The lowest BCUT2D eigenvalue weighted by atomic mass is 9.83. The zero-order valence-corrected chi connectivity index (χ0v) is 13.2. The van der Waals surface area contributed by atoms with Crippen LogP contribution in [0.4, 0.5) is 0 Å². The second-order valence-corrected chi connectivity index (χ2v) is 7.21. The van der Waals surface area contributed by atoms with E-state index in [0.29, 0.717) is 29.5 Å². The molecule has 0 spiro atoms. The van der Waals surface area contributed by atoms with Gasteiger partial charge in [0.15, 0.2) is 0 Å². The third-order valence-corrected chi connectivity index (χ3v) is 4.28. The fourth-order valence-electron chi connectivity index (χ4n) is 2.87. The van der Waals surface area contributed by atoms with Gasteiger partial charge in [0.05, 0.1) is 0 Å².